The van der Waals surface area contributed by atoms with Crippen LogP contribution in [0.3, 0.4) is 0 Å². The molecule has 7 heteroatoms. The van der Waals surface area contributed by atoms with Gasteiger partial charge in [-0.1, -0.05) is 0 Å². The maximum atomic E-state index is 12.0. The van der Waals surface area contributed by atoms with Crippen LogP contribution in [0.2, 0.25) is 0 Å². The third-order valence-corrected chi connectivity index (χ3v) is 4.01. The summed E-state index contributed by atoms with van der Waals surface area (Å²) in [5, 5.41) is 7.26. The maximum absolute atomic E-state index is 12.0. The number of hydrogen-bond donors (Lipinski definition) is 1. The highest BCUT2D eigenvalue weighted by Gasteiger charge is 2.15. The fourth-order valence-electron chi connectivity index (χ4n) is 2.26. The normalized spacial score (nSPS) is 17.9. The standard InChI is InChI=1S/C13H21BrN4O2/c1-10(7-17-3-5-20-6-4-17)15-13(19)9-18-8-12(14)11(2)16-18/h8,10H,3-7,9H2,1-2H3,(H,15,19). The molecule has 1 aromatic heterocycles. The average molecular weight is 345 g/mol. The number of rotatable bonds is 5. The number of aromatic nitrogens is 2. The van der Waals surface area contributed by atoms with Crippen LogP contribution in [0.15, 0.2) is 10.7 Å². The first-order valence-electron chi connectivity index (χ1n) is 6.83. The van der Waals surface area contributed by atoms with Crippen molar-refractivity contribution in [2.45, 2.75) is 26.4 Å². The summed E-state index contributed by atoms with van der Waals surface area (Å²) in [5.41, 5.74) is 0.888. The molecule has 6 nitrogen and oxygen atoms in total. The number of hydrogen-bond acceptors (Lipinski definition) is 4. The van der Waals surface area contributed by atoms with Crippen LogP contribution in [0.25, 0.3) is 0 Å². The second-order valence-electron chi connectivity index (χ2n) is 5.14. The quantitative estimate of drug-likeness (QED) is 0.857. The molecule has 1 saturated heterocycles. The van der Waals surface area contributed by atoms with Crippen molar-refractivity contribution in [3.05, 3.63) is 16.4 Å². The van der Waals surface area contributed by atoms with Gasteiger partial charge in [0, 0.05) is 31.9 Å². The van der Waals surface area contributed by atoms with E-state index < -0.39 is 0 Å². The number of ether oxygens (including phenoxy) is 1. The van der Waals surface area contributed by atoms with E-state index in [1.54, 1.807) is 4.68 Å². The number of morpholine rings is 1. The van der Waals surface area contributed by atoms with E-state index in [4.69, 9.17) is 4.74 Å². The first-order valence-corrected chi connectivity index (χ1v) is 7.63. The number of carbonyl (C=O) groups excluding carboxylic acids is 1. The van der Waals surface area contributed by atoms with Gasteiger partial charge in [-0.2, -0.15) is 5.10 Å². The van der Waals surface area contributed by atoms with Gasteiger partial charge in [-0.05, 0) is 29.8 Å². The largest absolute Gasteiger partial charge is 0.379 e. The Hall–Kier alpha value is -0.920. The number of carbonyl (C=O) groups is 1. The molecule has 1 N–H and O–H groups in total. The second kappa shape index (κ2) is 7.19. The fraction of sp³-hybridized carbons (Fsp3) is 0.692. The lowest BCUT2D eigenvalue weighted by atomic mass is 10.3. The van der Waals surface area contributed by atoms with Gasteiger partial charge in [-0.25, -0.2) is 0 Å². The third kappa shape index (κ3) is 4.57. The van der Waals surface area contributed by atoms with Crippen molar-refractivity contribution in [2.75, 3.05) is 32.8 Å². The Kier molecular flexibility index (Phi) is 5.56. The van der Waals surface area contributed by atoms with Crippen molar-refractivity contribution in [1.82, 2.24) is 20.0 Å². The summed E-state index contributed by atoms with van der Waals surface area (Å²) in [6, 6.07) is 0.126. The predicted octanol–water partition coefficient (Wildman–Crippen LogP) is 0.791. The van der Waals surface area contributed by atoms with Crippen LogP contribution in [0, 0.1) is 6.92 Å². The smallest absolute Gasteiger partial charge is 0.241 e. The zero-order valence-corrected chi connectivity index (χ0v) is 13.5. The number of nitrogens with one attached hydrogen (secondary N) is 1. The molecular formula is C13H21BrN4O2. The van der Waals surface area contributed by atoms with E-state index in [-0.39, 0.29) is 18.5 Å². The van der Waals surface area contributed by atoms with Crippen molar-refractivity contribution < 1.29 is 9.53 Å². The molecule has 1 amide bonds. The average Bonchev–Trinajstić information content (AvgIpc) is 2.68. The molecule has 2 rings (SSSR count). The lowest BCUT2D eigenvalue weighted by molar-refractivity contribution is -0.122. The van der Waals surface area contributed by atoms with Gasteiger partial charge in [-0.3, -0.25) is 14.4 Å². The van der Waals surface area contributed by atoms with Gasteiger partial charge in [0.1, 0.15) is 6.54 Å². The van der Waals surface area contributed by atoms with Gasteiger partial charge in [0.25, 0.3) is 0 Å². The van der Waals surface area contributed by atoms with E-state index in [9.17, 15) is 4.79 Å². The van der Waals surface area contributed by atoms with Crippen molar-refractivity contribution >= 4 is 21.8 Å². The molecule has 0 saturated carbocycles. The molecule has 0 spiro atoms. The van der Waals surface area contributed by atoms with Crippen LogP contribution in [0.1, 0.15) is 12.6 Å². The zero-order chi connectivity index (χ0) is 14.5. The second-order valence-corrected chi connectivity index (χ2v) is 6.00. The highest BCUT2D eigenvalue weighted by Crippen LogP contribution is 2.12. The Bertz CT molecular complexity index is 438. The summed E-state index contributed by atoms with van der Waals surface area (Å²) in [5.74, 6) is -0.0132. The maximum Gasteiger partial charge on any atom is 0.241 e. The van der Waals surface area contributed by atoms with E-state index in [0.29, 0.717) is 0 Å². The summed E-state index contributed by atoms with van der Waals surface area (Å²) in [6.07, 6.45) is 1.82. The first-order chi connectivity index (χ1) is 9.54. The molecule has 1 fully saturated rings. The molecule has 20 heavy (non-hydrogen) atoms. The molecular weight excluding hydrogens is 324 g/mol. The zero-order valence-electron chi connectivity index (χ0n) is 11.9. The van der Waals surface area contributed by atoms with Crippen molar-refractivity contribution in [2.24, 2.45) is 0 Å². The van der Waals surface area contributed by atoms with Crippen molar-refractivity contribution in [3.63, 3.8) is 0 Å². The van der Waals surface area contributed by atoms with Crippen LogP contribution < -0.4 is 5.32 Å². The van der Waals surface area contributed by atoms with E-state index in [1.807, 2.05) is 20.0 Å². The summed E-state index contributed by atoms with van der Waals surface area (Å²) < 4.78 is 7.88. The monoisotopic (exact) mass is 344 g/mol. The number of nitrogens with zero attached hydrogens (tertiary/aromatic N) is 3. The predicted molar refractivity (Wildman–Crippen MR) is 79.5 cm³/mol. The van der Waals surface area contributed by atoms with Gasteiger partial charge in [0.15, 0.2) is 0 Å². The van der Waals surface area contributed by atoms with E-state index in [0.717, 1.165) is 43.0 Å². The minimum atomic E-state index is -0.0132. The Morgan fingerprint density at radius 1 is 1.55 bits per heavy atom. The minimum Gasteiger partial charge on any atom is -0.379 e. The van der Waals surface area contributed by atoms with E-state index in [1.165, 1.54) is 0 Å². The van der Waals surface area contributed by atoms with Gasteiger partial charge >= 0.3 is 0 Å². The van der Waals surface area contributed by atoms with Gasteiger partial charge in [0.2, 0.25) is 5.91 Å². The Labute approximate surface area is 127 Å². The third-order valence-electron chi connectivity index (χ3n) is 3.24. The molecule has 112 valence electrons. The SMILES string of the molecule is Cc1nn(CC(=O)NC(C)CN2CCOCC2)cc1Br. The molecule has 1 atom stereocenters. The van der Waals surface area contributed by atoms with Gasteiger partial charge < -0.3 is 10.1 Å². The summed E-state index contributed by atoms with van der Waals surface area (Å²) >= 11 is 3.39. The number of amides is 1. The Balaban J connectivity index is 1.75. The van der Waals surface area contributed by atoms with Crippen LogP contribution in [0.5, 0.6) is 0 Å². The minimum absolute atomic E-state index is 0.0132. The topological polar surface area (TPSA) is 59.4 Å². The summed E-state index contributed by atoms with van der Waals surface area (Å²) in [6.45, 7) is 8.47. The Morgan fingerprint density at radius 2 is 2.25 bits per heavy atom. The molecule has 1 unspecified atom stereocenters. The first kappa shape index (κ1) is 15.5. The summed E-state index contributed by atoms with van der Waals surface area (Å²) in [7, 11) is 0. The number of halogens is 1. The highest BCUT2D eigenvalue weighted by atomic mass is 79.9. The van der Waals surface area contributed by atoms with Crippen LogP contribution in [0.4, 0.5) is 0 Å². The number of aryl methyl sites for hydroxylation is 1. The molecule has 0 aromatic carbocycles. The lowest BCUT2D eigenvalue weighted by Gasteiger charge is -2.29. The van der Waals surface area contributed by atoms with E-state index >= 15 is 0 Å². The van der Waals surface area contributed by atoms with Crippen LogP contribution >= 0.6 is 15.9 Å². The Morgan fingerprint density at radius 3 is 2.85 bits per heavy atom. The van der Waals surface area contributed by atoms with Crippen LogP contribution in [-0.4, -0.2) is 59.5 Å². The van der Waals surface area contributed by atoms with Gasteiger partial charge in [0.05, 0.1) is 23.4 Å². The highest BCUT2D eigenvalue weighted by molar-refractivity contribution is 9.10. The molecule has 0 aliphatic carbocycles. The molecule has 0 bridgehead atoms. The summed E-state index contributed by atoms with van der Waals surface area (Å²) in [4.78, 5) is 14.3. The van der Waals surface area contributed by atoms with Crippen LogP contribution in [-0.2, 0) is 16.1 Å². The fourth-order valence-corrected chi connectivity index (χ4v) is 2.57. The molecule has 1 aromatic rings. The van der Waals surface area contributed by atoms with Crippen molar-refractivity contribution in [3.8, 4) is 0 Å². The lowest BCUT2D eigenvalue weighted by Crippen LogP contribution is -2.46. The van der Waals surface area contributed by atoms with E-state index in [2.05, 4.69) is 31.2 Å². The molecule has 1 aliphatic heterocycles. The van der Waals surface area contributed by atoms with Gasteiger partial charge in [-0.15, -0.1) is 0 Å². The molecule has 0 radical (unpaired) electrons. The van der Waals surface area contributed by atoms with Crippen molar-refractivity contribution in [1.29, 1.82) is 0 Å². The molecule has 2 heterocycles. The molecule has 1 aliphatic rings.